The fourth-order valence-electron chi connectivity index (χ4n) is 3.08. The molecule has 1 aromatic carbocycles. The molecular formula is C25H21N3O3. The zero-order valence-electron chi connectivity index (χ0n) is 17.1. The molecule has 154 valence electrons. The molecule has 0 fully saturated rings. The van der Waals surface area contributed by atoms with E-state index < -0.39 is 0 Å². The Balaban J connectivity index is 1.63. The average molecular weight is 411 g/mol. The number of rotatable bonds is 7. The number of hydrogen-bond donors (Lipinski definition) is 0. The maximum Gasteiger partial charge on any atom is 0.302 e. The second-order valence-electron chi connectivity index (χ2n) is 6.77. The highest BCUT2D eigenvalue weighted by atomic mass is 16.6. The van der Waals surface area contributed by atoms with Gasteiger partial charge in [0.15, 0.2) is 0 Å². The van der Waals surface area contributed by atoms with E-state index in [0.29, 0.717) is 12.4 Å². The quantitative estimate of drug-likeness (QED) is 0.321. The van der Waals surface area contributed by atoms with E-state index in [2.05, 4.69) is 9.97 Å². The molecule has 6 heteroatoms. The van der Waals surface area contributed by atoms with Gasteiger partial charge in [-0.15, -0.1) is 0 Å². The van der Waals surface area contributed by atoms with Gasteiger partial charge in [0.2, 0.25) is 0 Å². The normalized spacial score (nSPS) is 10.5. The Morgan fingerprint density at radius 2 is 1.35 bits per heavy atom. The van der Waals surface area contributed by atoms with E-state index in [4.69, 9.17) is 14.5 Å². The van der Waals surface area contributed by atoms with Crippen LogP contribution < -0.4 is 4.74 Å². The number of pyridine rings is 3. The van der Waals surface area contributed by atoms with Crippen LogP contribution in [0.2, 0.25) is 0 Å². The number of hydrogen-bond acceptors (Lipinski definition) is 6. The van der Waals surface area contributed by atoms with Gasteiger partial charge in [0.25, 0.3) is 0 Å². The first kappa shape index (κ1) is 20.2. The van der Waals surface area contributed by atoms with Crippen molar-refractivity contribution in [2.45, 2.75) is 6.92 Å². The highest BCUT2D eigenvalue weighted by molar-refractivity contribution is 5.74. The SMILES string of the molecule is CC(=O)OCCOc1ccc(-c2cc(-c3ccccn3)nc(-c3ccccn3)c2)cc1. The highest BCUT2D eigenvalue weighted by Gasteiger charge is 2.10. The fraction of sp³-hybridized carbons (Fsp3) is 0.120. The Morgan fingerprint density at radius 1 is 0.742 bits per heavy atom. The van der Waals surface area contributed by atoms with Crippen LogP contribution in [0.4, 0.5) is 0 Å². The zero-order chi connectivity index (χ0) is 21.5. The van der Waals surface area contributed by atoms with E-state index in [-0.39, 0.29) is 12.6 Å². The third kappa shape index (κ3) is 5.30. The fourth-order valence-corrected chi connectivity index (χ4v) is 3.08. The van der Waals surface area contributed by atoms with Gasteiger partial charge in [0.05, 0.1) is 22.8 Å². The van der Waals surface area contributed by atoms with Gasteiger partial charge in [-0.05, 0) is 59.7 Å². The van der Waals surface area contributed by atoms with Gasteiger partial charge in [0, 0.05) is 19.3 Å². The maximum atomic E-state index is 10.8. The predicted molar refractivity (Wildman–Crippen MR) is 118 cm³/mol. The number of esters is 1. The smallest absolute Gasteiger partial charge is 0.302 e. The van der Waals surface area contributed by atoms with Crippen molar-refractivity contribution in [3.63, 3.8) is 0 Å². The van der Waals surface area contributed by atoms with Crippen LogP contribution in [0.3, 0.4) is 0 Å². The maximum absolute atomic E-state index is 10.8. The lowest BCUT2D eigenvalue weighted by Gasteiger charge is -2.10. The van der Waals surface area contributed by atoms with Crippen molar-refractivity contribution in [2.75, 3.05) is 13.2 Å². The molecule has 31 heavy (non-hydrogen) atoms. The van der Waals surface area contributed by atoms with Crippen molar-refractivity contribution in [2.24, 2.45) is 0 Å². The van der Waals surface area contributed by atoms with E-state index in [1.807, 2.05) is 72.8 Å². The van der Waals surface area contributed by atoms with Gasteiger partial charge in [0.1, 0.15) is 19.0 Å². The van der Waals surface area contributed by atoms with Crippen molar-refractivity contribution in [3.8, 4) is 39.7 Å². The Bertz CT molecular complexity index is 1090. The summed E-state index contributed by atoms with van der Waals surface area (Å²) in [5, 5.41) is 0. The molecular weight excluding hydrogens is 390 g/mol. The minimum absolute atomic E-state index is 0.225. The summed E-state index contributed by atoms with van der Waals surface area (Å²) in [6.07, 6.45) is 3.51. The van der Waals surface area contributed by atoms with Crippen LogP contribution in [-0.4, -0.2) is 34.1 Å². The van der Waals surface area contributed by atoms with Crippen LogP contribution in [0.1, 0.15) is 6.92 Å². The van der Waals surface area contributed by atoms with Gasteiger partial charge in [-0.25, -0.2) is 4.98 Å². The Hall–Kier alpha value is -4.06. The molecule has 0 aliphatic heterocycles. The minimum Gasteiger partial charge on any atom is -0.490 e. The molecule has 0 aliphatic rings. The number of ether oxygens (including phenoxy) is 2. The van der Waals surface area contributed by atoms with Crippen molar-refractivity contribution < 1.29 is 14.3 Å². The first-order valence-electron chi connectivity index (χ1n) is 9.90. The first-order valence-corrected chi connectivity index (χ1v) is 9.90. The molecule has 0 spiro atoms. The number of benzene rings is 1. The molecule has 0 N–H and O–H groups in total. The summed E-state index contributed by atoms with van der Waals surface area (Å²) < 4.78 is 10.5. The zero-order valence-corrected chi connectivity index (χ0v) is 17.1. The molecule has 4 aromatic rings. The van der Waals surface area contributed by atoms with Gasteiger partial charge in [-0.2, -0.15) is 0 Å². The molecule has 4 rings (SSSR count). The van der Waals surface area contributed by atoms with E-state index >= 15 is 0 Å². The molecule has 0 bridgehead atoms. The van der Waals surface area contributed by atoms with Crippen molar-refractivity contribution in [1.29, 1.82) is 0 Å². The van der Waals surface area contributed by atoms with Gasteiger partial charge < -0.3 is 9.47 Å². The molecule has 0 radical (unpaired) electrons. The van der Waals surface area contributed by atoms with E-state index in [1.54, 1.807) is 12.4 Å². The van der Waals surface area contributed by atoms with Crippen LogP contribution in [0.25, 0.3) is 33.9 Å². The first-order chi connectivity index (χ1) is 15.2. The summed E-state index contributed by atoms with van der Waals surface area (Å²) in [4.78, 5) is 24.5. The molecule has 0 amide bonds. The Kier molecular flexibility index (Phi) is 6.28. The van der Waals surface area contributed by atoms with E-state index in [9.17, 15) is 4.79 Å². The topological polar surface area (TPSA) is 74.2 Å². The summed E-state index contributed by atoms with van der Waals surface area (Å²) >= 11 is 0. The third-order valence-corrected chi connectivity index (χ3v) is 4.53. The standard InChI is InChI=1S/C25H21N3O3/c1-18(29)30-14-15-31-21-10-8-19(9-11-21)20-16-24(22-6-2-4-12-26-22)28-25(17-20)23-7-3-5-13-27-23/h2-13,16-17H,14-15H2,1H3. The number of carbonyl (C=O) groups excluding carboxylic acids is 1. The highest BCUT2D eigenvalue weighted by Crippen LogP contribution is 2.29. The van der Waals surface area contributed by atoms with E-state index in [0.717, 1.165) is 33.9 Å². The second-order valence-corrected chi connectivity index (χ2v) is 6.77. The van der Waals surface area contributed by atoms with Gasteiger partial charge in [-0.1, -0.05) is 24.3 Å². The second kappa shape index (κ2) is 9.63. The van der Waals surface area contributed by atoms with Crippen molar-refractivity contribution >= 4 is 5.97 Å². The number of nitrogens with zero attached hydrogens (tertiary/aromatic N) is 3. The molecule has 0 atom stereocenters. The lowest BCUT2D eigenvalue weighted by Crippen LogP contribution is -2.09. The van der Waals surface area contributed by atoms with Crippen LogP contribution in [0.5, 0.6) is 5.75 Å². The average Bonchev–Trinajstić information content (AvgIpc) is 2.83. The Morgan fingerprint density at radius 3 is 1.87 bits per heavy atom. The predicted octanol–water partition coefficient (Wildman–Crippen LogP) is 4.81. The minimum atomic E-state index is -0.316. The lowest BCUT2D eigenvalue weighted by molar-refractivity contribution is -0.141. The van der Waals surface area contributed by atoms with Crippen molar-refractivity contribution in [1.82, 2.24) is 15.0 Å². The Labute approximate surface area is 180 Å². The van der Waals surface area contributed by atoms with Crippen molar-refractivity contribution in [3.05, 3.63) is 85.2 Å². The summed E-state index contributed by atoms with van der Waals surface area (Å²) in [6, 6.07) is 23.3. The summed E-state index contributed by atoms with van der Waals surface area (Å²) in [5.41, 5.74) is 5.17. The molecule has 0 unspecified atom stereocenters. The molecule has 3 heterocycles. The monoisotopic (exact) mass is 411 g/mol. The molecule has 0 saturated carbocycles. The van der Waals surface area contributed by atoms with Crippen LogP contribution in [0, 0.1) is 0 Å². The van der Waals surface area contributed by atoms with Crippen LogP contribution in [-0.2, 0) is 9.53 Å². The molecule has 3 aromatic heterocycles. The number of carbonyl (C=O) groups is 1. The molecule has 0 saturated heterocycles. The third-order valence-electron chi connectivity index (χ3n) is 4.53. The molecule has 0 aliphatic carbocycles. The van der Waals surface area contributed by atoms with Crippen LogP contribution >= 0.6 is 0 Å². The summed E-state index contributed by atoms with van der Waals surface area (Å²) in [7, 11) is 0. The van der Waals surface area contributed by atoms with E-state index in [1.165, 1.54) is 6.92 Å². The largest absolute Gasteiger partial charge is 0.490 e. The van der Waals surface area contributed by atoms with Gasteiger partial charge >= 0.3 is 5.97 Å². The van der Waals surface area contributed by atoms with Crippen LogP contribution in [0.15, 0.2) is 85.2 Å². The van der Waals surface area contributed by atoms with Gasteiger partial charge in [-0.3, -0.25) is 14.8 Å². The summed E-state index contributed by atoms with van der Waals surface area (Å²) in [5.74, 6) is 0.393. The molecule has 6 nitrogen and oxygen atoms in total. The number of aromatic nitrogens is 3. The lowest BCUT2D eigenvalue weighted by atomic mass is 10.0. The summed E-state index contributed by atoms with van der Waals surface area (Å²) in [6.45, 7) is 1.91.